The third-order valence-electron chi connectivity index (χ3n) is 4.35. The fraction of sp³-hybridized carbons (Fsp3) is 0.188. The number of thiazole rings is 2. The van der Waals surface area contributed by atoms with Crippen molar-refractivity contribution in [3.8, 4) is 0 Å². The maximum Gasteiger partial charge on any atom is 0.291 e. The first-order chi connectivity index (χ1) is 13.1. The lowest BCUT2D eigenvalue weighted by molar-refractivity contribution is 0.635. The first kappa shape index (κ1) is 16.6. The molecule has 0 radical (unpaired) electrons. The van der Waals surface area contributed by atoms with Crippen molar-refractivity contribution >= 4 is 55.5 Å². The van der Waals surface area contributed by atoms with Crippen LogP contribution in [0.25, 0.3) is 21.3 Å². The van der Waals surface area contributed by atoms with E-state index in [0.717, 1.165) is 26.4 Å². The highest BCUT2D eigenvalue weighted by Crippen LogP contribution is 2.31. The van der Waals surface area contributed by atoms with Crippen LogP contribution in [0, 0.1) is 0 Å². The van der Waals surface area contributed by atoms with Crippen LogP contribution >= 0.6 is 34.3 Å². The molecule has 0 atom stereocenters. The van der Waals surface area contributed by atoms with Crippen molar-refractivity contribution in [2.45, 2.75) is 13.0 Å². The highest BCUT2D eigenvalue weighted by atomic mass is 35.5. The molecule has 0 saturated heterocycles. The molecule has 0 aromatic carbocycles. The van der Waals surface area contributed by atoms with Gasteiger partial charge in [0.2, 0.25) is 0 Å². The van der Waals surface area contributed by atoms with E-state index in [9.17, 15) is 4.79 Å². The predicted octanol–water partition coefficient (Wildman–Crippen LogP) is 2.82. The number of hydrogen-bond donors (Lipinski definition) is 1. The van der Waals surface area contributed by atoms with Crippen molar-refractivity contribution in [1.82, 2.24) is 34.3 Å². The summed E-state index contributed by atoms with van der Waals surface area (Å²) in [6, 6.07) is 0. The molecule has 0 aliphatic heterocycles. The van der Waals surface area contributed by atoms with Gasteiger partial charge in [-0.15, -0.1) is 22.7 Å². The minimum absolute atomic E-state index is 0.182. The van der Waals surface area contributed by atoms with Crippen LogP contribution in [0.15, 0.2) is 29.0 Å². The van der Waals surface area contributed by atoms with Crippen molar-refractivity contribution in [1.29, 1.82) is 0 Å². The summed E-state index contributed by atoms with van der Waals surface area (Å²) < 4.78 is 4.75. The molecule has 5 rings (SSSR count). The van der Waals surface area contributed by atoms with Gasteiger partial charge in [0, 0.05) is 25.1 Å². The van der Waals surface area contributed by atoms with Gasteiger partial charge in [-0.25, -0.2) is 19.6 Å². The van der Waals surface area contributed by atoms with Gasteiger partial charge in [0.25, 0.3) is 5.56 Å². The Morgan fingerprint density at radius 2 is 2.22 bits per heavy atom. The van der Waals surface area contributed by atoms with Gasteiger partial charge in [-0.3, -0.25) is 4.79 Å². The number of imidazole rings is 1. The molecule has 5 aromatic rings. The first-order valence-electron chi connectivity index (χ1n) is 8.01. The minimum atomic E-state index is -0.182. The van der Waals surface area contributed by atoms with Crippen LogP contribution in [-0.4, -0.2) is 34.3 Å². The number of nitrogens with one attached hydrogen (secondary N) is 1. The Balaban J connectivity index is 1.61. The molecular formula is C16H12ClN7OS2. The second-order valence-corrected chi connectivity index (χ2v) is 8.54. The smallest absolute Gasteiger partial charge is 0.291 e. The van der Waals surface area contributed by atoms with Crippen molar-refractivity contribution in [2.24, 2.45) is 7.05 Å². The number of H-pyrrole nitrogens is 1. The van der Waals surface area contributed by atoms with E-state index < -0.39 is 0 Å². The number of halogens is 1. The van der Waals surface area contributed by atoms with Gasteiger partial charge >= 0.3 is 0 Å². The molecule has 5 heterocycles. The van der Waals surface area contributed by atoms with E-state index in [4.69, 9.17) is 16.6 Å². The summed E-state index contributed by atoms with van der Waals surface area (Å²) in [7, 11) is 1.85. The molecule has 0 spiro atoms. The lowest BCUT2D eigenvalue weighted by Crippen LogP contribution is -2.24. The molecule has 8 nitrogen and oxygen atoms in total. The maximum absolute atomic E-state index is 13.0. The normalized spacial score (nSPS) is 11.8. The lowest BCUT2D eigenvalue weighted by atomic mass is 10.3. The highest BCUT2D eigenvalue weighted by molar-refractivity contribution is 7.19. The summed E-state index contributed by atoms with van der Waals surface area (Å²) in [5.41, 5.74) is 4.41. The summed E-state index contributed by atoms with van der Waals surface area (Å²) in [6.07, 6.45) is 5.88. The van der Waals surface area contributed by atoms with Crippen molar-refractivity contribution < 1.29 is 0 Å². The van der Waals surface area contributed by atoms with E-state index in [1.54, 1.807) is 29.4 Å². The van der Waals surface area contributed by atoms with Gasteiger partial charge in [-0.05, 0) is 0 Å². The molecule has 0 fully saturated rings. The third-order valence-corrected chi connectivity index (χ3v) is 6.56. The fourth-order valence-electron chi connectivity index (χ4n) is 3.06. The molecule has 0 unspecified atom stereocenters. The number of hydrogen-bond acceptors (Lipinski definition) is 7. The zero-order valence-electron chi connectivity index (χ0n) is 14.0. The van der Waals surface area contributed by atoms with Crippen LogP contribution in [0.4, 0.5) is 0 Å². The Morgan fingerprint density at radius 1 is 1.33 bits per heavy atom. The lowest BCUT2D eigenvalue weighted by Gasteiger charge is -2.04. The van der Waals surface area contributed by atoms with Crippen molar-refractivity contribution in [3.05, 3.63) is 55.3 Å². The Labute approximate surface area is 165 Å². The topological polar surface area (TPSA) is 94.3 Å². The van der Waals surface area contributed by atoms with Gasteiger partial charge in [-0.2, -0.15) is 5.10 Å². The minimum Gasteiger partial charge on any atom is -0.351 e. The molecule has 1 N–H and O–H groups in total. The zero-order chi connectivity index (χ0) is 18.5. The highest BCUT2D eigenvalue weighted by Gasteiger charge is 2.19. The summed E-state index contributed by atoms with van der Waals surface area (Å²) in [5, 5.41) is 6.09. The molecular weight excluding hydrogens is 406 g/mol. The average molecular weight is 418 g/mol. The molecule has 0 aliphatic carbocycles. The third kappa shape index (κ3) is 2.68. The fourth-order valence-corrected chi connectivity index (χ4v) is 4.94. The first-order valence-corrected chi connectivity index (χ1v) is 10.1. The summed E-state index contributed by atoms with van der Waals surface area (Å²) >= 11 is 9.00. The number of nitrogens with zero attached hydrogens (tertiary/aromatic N) is 6. The number of rotatable bonds is 4. The Kier molecular flexibility index (Phi) is 3.85. The Morgan fingerprint density at radius 3 is 2.96 bits per heavy atom. The van der Waals surface area contributed by atoms with Crippen LogP contribution in [-0.2, 0) is 20.0 Å². The summed E-state index contributed by atoms with van der Waals surface area (Å²) in [5.74, 6) is 0. The van der Waals surface area contributed by atoms with E-state index in [-0.39, 0.29) is 12.1 Å². The number of aromatic amines is 1. The maximum atomic E-state index is 13.0. The monoisotopic (exact) mass is 417 g/mol. The number of aryl methyl sites for hydroxylation is 1. The van der Waals surface area contributed by atoms with E-state index >= 15 is 0 Å². The summed E-state index contributed by atoms with van der Waals surface area (Å²) in [6.45, 7) is 0.244. The van der Waals surface area contributed by atoms with Gasteiger partial charge in [0.15, 0.2) is 5.65 Å². The van der Waals surface area contributed by atoms with Crippen LogP contribution in [0.2, 0.25) is 4.34 Å². The summed E-state index contributed by atoms with van der Waals surface area (Å²) in [4.78, 5) is 29.1. The quantitative estimate of drug-likeness (QED) is 0.485. The van der Waals surface area contributed by atoms with E-state index in [1.807, 2.05) is 17.8 Å². The molecule has 27 heavy (non-hydrogen) atoms. The molecule has 136 valence electrons. The average Bonchev–Trinajstić information content (AvgIpc) is 3.41. The molecule has 11 heteroatoms. The second kappa shape index (κ2) is 6.25. The van der Waals surface area contributed by atoms with E-state index in [2.05, 4.69) is 20.1 Å². The van der Waals surface area contributed by atoms with Crippen LogP contribution in [0.1, 0.15) is 16.4 Å². The molecule has 0 bridgehead atoms. The standard InChI is InChI=1S/C16H12ClN7OS2/c1-23-12-9(4-21-24(16(12)25)5-10-14(17)26-7-20-10)13-15(23)22-11(27-13)2-8-3-18-6-19-8/h3-4,6-7H,2,5H2,1H3,(H,18,19). The largest absolute Gasteiger partial charge is 0.351 e. The molecule has 0 saturated carbocycles. The van der Waals surface area contributed by atoms with Gasteiger partial charge in [0.1, 0.15) is 14.9 Å². The van der Waals surface area contributed by atoms with Crippen molar-refractivity contribution in [3.63, 3.8) is 0 Å². The molecule has 5 aromatic heterocycles. The van der Waals surface area contributed by atoms with Crippen LogP contribution in [0.3, 0.4) is 0 Å². The van der Waals surface area contributed by atoms with E-state index in [1.165, 1.54) is 16.0 Å². The van der Waals surface area contributed by atoms with Gasteiger partial charge in [-0.1, -0.05) is 11.6 Å². The Hall–Kier alpha value is -2.56. The van der Waals surface area contributed by atoms with Crippen LogP contribution < -0.4 is 5.56 Å². The Bertz CT molecular complexity index is 1330. The van der Waals surface area contributed by atoms with Gasteiger partial charge in [0.05, 0.1) is 40.7 Å². The number of aromatic nitrogens is 7. The second-order valence-electron chi connectivity index (χ2n) is 6.00. The molecule has 0 amide bonds. The SMILES string of the molecule is Cn1c2nc(Cc3c[nH]cn3)sc2c2cnn(Cc3ncsc3Cl)c(=O)c21. The van der Waals surface area contributed by atoms with Gasteiger partial charge < -0.3 is 9.55 Å². The van der Waals surface area contributed by atoms with Crippen LogP contribution in [0.5, 0.6) is 0 Å². The zero-order valence-corrected chi connectivity index (χ0v) is 16.4. The van der Waals surface area contributed by atoms with Crippen molar-refractivity contribution in [2.75, 3.05) is 0 Å². The number of fused-ring (bicyclic) bond motifs is 3. The van der Waals surface area contributed by atoms with E-state index in [0.29, 0.717) is 22.0 Å². The predicted molar refractivity (Wildman–Crippen MR) is 106 cm³/mol. The molecule has 0 aliphatic rings.